The van der Waals surface area contributed by atoms with Crippen molar-refractivity contribution in [2.75, 3.05) is 0 Å². The molecule has 0 saturated heterocycles. The van der Waals surface area contributed by atoms with E-state index in [1.807, 2.05) is 0 Å². The number of rotatable bonds is 3. The van der Waals surface area contributed by atoms with Crippen LogP contribution in [0.5, 0.6) is 0 Å². The SMILES string of the molecule is [O]=[V][O]S(=O)(=O)c1ccccc1. The summed E-state index contributed by atoms with van der Waals surface area (Å²) in [6, 6.07) is 7.58. The van der Waals surface area contributed by atoms with E-state index in [-0.39, 0.29) is 4.90 Å². The van der Waals surface area contributed by atoms with Gasteiger partial charge in [0.25, 0.3) is 0 Å². The Bertz CT molecular complexity index is 358. The van der Waals surface area contributed by atoms with E-state index in [0.717, 1.165) is 0 Å². The predicted molar refractivity (Wildman–Crippen MR) is 35.4 cm³/mol. The summed E-state index contributed by atoms with van der Waals surface area (Å²) >= 11 is -1.82. The third kappa shape index (κ3) is 2.25. The monoisotopic (exact) mass is 224 g/mol. The van der Waals surface area contributed by atoms with E-state index in [9.17, 15) is 12.1 Å². The molecule has 0 aliphatic carbocycles. The van der Waals surface area contributed by atoms with Crippen LogP contribution in [-0.4, -0.2) is 8.42 Å². The molecule has 0 aliphatic rings. The molecule has 64 valence electrons. The fourth-order valence-corrected chi connectivity index (χ4v) is 2.11. The molecule has 12 heavy (non-hydrogen) atoms. The first kappa shape index (κ1) is 9.60. The van der Waals surface area contributed by atoms with Crippen LogP contribution in [0.1, 0.15) is 0 Å². The van der Waals surface area contributed by atoms with Gasteiger partial charge < -0.3 is 0 Å². The first-order chi connectivity index (χ1) is 5.67. The zero-order chi connectivity index (χ0) is 9.03. The van der Waals surface area contributed by atoms with Crippen molar-refractivity contribution >= 4 is 10.1 Å². The molecule has 1 rings (SSSR count). The second-order valence-electron chi connectivity index (χ2n) is 1.92. The van der Waals surface area contributed by atoms with Gasteiger partial charge in [0.05, 0.1) is 0 Å². The molecule has 4 nitrogen and oxygen atoms in total. The Morgan fingerprint density at radius 3 is 2.25 bits per heavy atom. The van der Waals surface area contributed by atoms with Gasteiger partial charge in [0.15, 0.2) is 0 Å². The van der Waals surface area contributed by atoms with Gasteiger partial charge >= 0.3 is 77.1 Å². The first-order valence-corrected chi connectivity index (χ1v) is 5.53. The van der Waals surface area contributed by atoms with Crippen molar-refractivity contribution in [3.63, 3.8) is 0 Å². The van der Waals surface area contributed by atoms with Crippen LogP contribution in [0.3, 0.4) is 0 Å². The summed E-state index contributed by atoms with van der Waals surface area (Å²) in [7, 11) is -3.78. The van der Waals surface area contributed by atoms with E-state index in [0.29, 0.717) is 0 Å². The van der Waals surface area contributed by atoms with Crippen molar-refractivity contribution in [1.29, 1.82) is 0 Å². The Labute approximate surface area is 77.3 Å². The Morgan fingerprint density at radius 2 is 1.75 bits per heavy atom. The minimum atomic E-state index is -3.78. The zero-order valence-electron chi connectivity index (χ0n) is 5.88. The van der Waals surface area contributed by atoms with Crippen LogP contribution in [-0.2, 0) is 33.5 Å². The zero-order valence-corrected chi connectivity index (χ0v) is 8.09. The standard InChI is InChI=1S/C6H6O3S.O.V/c7-10(8,9)6-4-2-1-3-5-6;;/h1-5H,(H,7,8,9);;/q;;+1/p-1. The summed E-state index contributed by atoms with van der Waals surface area (Å²) in [6.07, 6.45) is 0. The fourth-order valence-electron chi connectivity index (χ4n) is 0.670. The number of hydrogen-bond acceptors (Lipinski definition) is 4. The van der Waals surface area contributed by atoms with Crippen molar-refractivity contribution < 1.29 is 31.8 Å². The maximum atomic E-state index is 11.0. The third-order valence-electron chi connectivity index (χ3n) is 1.16. The van der Waals surface area contributed by atoms with Gasteiger partial charge in [0.1, 0.15) is 0 Å². The van der Waals surface area contributed by atoms with Crippen molar-refractivity contribution in [3.8, 4) is 0 Å². The minimum absolute atomic E-state index is 0.0242. The van der Waals surface area contributed by atoms with Gasteiger partial charge in [0, 0.05) is 0 Å². The Hall–Kier alpha value is -0.486. The predicted octanol–water partition coefficient (Wildman–Crippen LogP) is 0.735. The molecule has 0 aliphatic heterocycles. The second-order valence-corrected chi connectivity index (χ2v) is 4.38. The maximum absolute atomic E-state index is 11.0. The molecule has 0 unspecified atom stereocenters. The van der Waals surface area contributed by atoms with Gasteiger partial charge in [-0.15, -0.1) is 0 Å². The quantitative estimate of drug-likeness (QED) is 0.759. The van der Waals surface area contributed by atoms with Crippen LogP contribution in [0, 0.1) is 0 Å². The summed E-state index contributed by atoms with van der Waals surface area (Å²) in [4.78, 5) is 0.0242. The third-order valence-corrected chi connectivity index (χ3v) is 3.47. The molecule has 0 amide bonds. The molecule has 1 aromatic rings. The Morgan fingerprint density at radius 1 is 1.17 bits per heavy atom. The number of hydrogen-bond donors (Lipinski definition) is 0. The van der Waals surface area contributed by atoms with Crippen molar-refractivity contribution in [3.05, 3.63) is 30.3 Å². The average molecular weight is 224 g/mol. The molecule has 0 heterocycles. The van der Waals surface area contributed by atoms with Crippen LogP contribution in [0.2, 0.25) is 0 Å². The van der Waals surface area contributed by atoms with Gasteiger partial charge in [0.2, 0.25) is 0 Å². The van der Waals surface area contributed by atoms with E-state index in [1.165, 1.54) is 12.1 Å². The Kier molecular flexibility index (Phi) is 3.16. The normalized spacial score (nSPS) is 11.0. The molecule has 1 aromatic carbocycles. The summed E-state index contributed by atoms with van der Waals surface area (Å²) < 4.78 is 36.2. The molecule has 0 radical (unpaired) electrons. The molecule has 0 saturated carbocycles. The number of benzene rings is 1. The van der Waals surface area contributed by atoms with Crippen molar-refractivity contribution in [2.45, 2.75) is 4.90 Å². The Balaban J connectivity index is 3.07. The molecule has 0 atom stereocenters. The van der Waals surface area contributed by atoms with E-state index in [2.05, 4.69) is 3.11 Å². The van der Waals surface area contributed by atoms with E-state index in [4.69, 9.17) is 0 Å². The molecule has 6 heteroatoms. The van der Waals surface area contributed by atoms with Gasteiger partial charge in [-0.1, -0.05) is 0 Å². The van der Waals surface area contributed by atoms with Crippen molar-refractivity contribution in [1.82, 2.24) is 0 Å². The summed E-state index contributed by atoms with van der Waals surface area (Å²) in [5.41, 5.74) is 0. The van der Waals surface area contributed by atoms with Gasteiger partial charge in [-0.25, -0.2) is 0 Å². The van der Waals surface area contributed by atoms with Crippen LogP contribution in [0.4, 0.5) is 0 Å². The van der Waals surface area contributed by atoms with Crippen LogP contribution in [0.25, 0.3) is 0 Å². The van der Waals surface area contributed by atoms with Crippen LogP contribution < -0.4 is 0 Å². The molecule has 0 N–H and O–H groups in total. The average Bonchev–Trinajstić information content (AvgIpc) is 2.06. The van der Waals surface area contributed by atoms with Gasteiger partial charge in [-0.3, -0.25) is 0 Å². The summed E-state index contributed by atoms with van der Waals surface area (Å²) in [6.45, 7) is 0. The molecule has 0 fully saturated rings. The van der Waals surface area contributed by atoms with Gasteiger partial charge in [-0.2, -0.15) is 0 Å². The van der Waals surface area contributed by atoms with E-state index in [1.54, 1.807) is 18.2 Å². The summed E-state index contributed by atoms with van der Waals surface area (Å²) in [5, 5.41) is 0. The fraction of sp³-hybridized carbons (Fsp3) is 0. The summed E-state index contributed by atoms with van der Waals surface area (Å²) in [5.74, 6) is 0. The van der Waals surface area contributed by atoms with Gasteiger partial charge in [-0.05, 0) is 0 Å². The topological polar surface area (TPSA) is 60.4 Å². The van der Waals surface area contributed by atoms with Crippen LogP contribution in [0.15, 0.2) is 35.2 Å². The molecule has 0 spiro atoms. The second kappa shape index (κ2) is 3.95. The van der Waals surface area contributed by atoms with Crippen LogP contribution >= 0.6 is 0 Å². The molecular weight excluding hydrogens is 219 g/mol. The molecule has 0 bridgehead atoms. The first-order valence-electron chi connectivity index (χ1n) is 2.98. The van der Waals surface area contributed by atoms with E-state index >= 15 is 0 Å². The molecular formula is C6H5O4SV. The van der Waals surface area contributed by atoms with Crippen molar-refractivity contribution in [2.24, 2.45) is 0 Å². The molecule has 0 aromatic heterocycles. The van der Waals surface area contributed by atoms with E-state index < -0.39 is 26.7 Å².